The lowest BCUT2D eigenvalue weighted by Crippen LogP contribution is -2.30. The summed E-state index contributed by atoms with van der Waals surface area (Å²) >= 11 is 0. The summed E-state index contributed by atoms with van der Waals surface area (Å²) in [5.41, 5.74) is 2.57. The van der Waals surface area contributed by atoms with E-state index >= 15 is 0 Å². The first-order valence-electron chi connectivity index (χ1n) is 7.80. The van der Waals surface area contributed by atoms with E-state index < -0.39 is 18.1 Å². The van der Waals surface area contributed by atoms with E-state index in [1.807, 2.05) is 24.3 Å². The second kappa shape index (κ2) is 6.30. The highest BCUT2D eigenvalue weighted by molar-refractivity contribution is 6.12. The number of nitrogens with one attached hydrogen (secondary N) is 1. The fraction of sp³-hybridized carbons (Fsp3) is 0.471. The van der Waals surface area contributed by atoms with Gasteiger partial charge in [-0.2, -0.15) is 0 Å². The van der Waals surface area contributed by atoms with E-state index in [0.29, 0.717) is 5.92 Å². The van der Waals surface area contributed by atoms with Gasteiger partial charge in [0.05, 0.1) is 5.71 Å². The maximum Gasteiger partial charge on any atom is 0.305 e. The van der Waals surface area contributed by atoms with Gasteiger partial charge >= 0.3 is 5.97 Å². The number of rotatable bonds is 2. The van der Waals surface area contributed by atoms with Crippen LogP contribution in [0.15, 0.2) is 29.3 Å². The van der Waals surface area contributed by atoms with Gasteiger partial charge in [-0.05, 0) is 18.9 Å². The number of benzodiazepines with no additional fused rings is 1. The Hall–Kier alpha value is -2.17. The molecule has 0 radical (unpaired) electrons. The molecule has 5 heteroatoms. The molecule has 1 aliphatic carbocycles. The molecule has 0 bridgehead atoms. The van der Waals surface area contributed by atoms with Crippen molar-refractivity contribution in [1.29, 1.82) is 0 Å². The molecule has 1 aromatic carbocycles. The van der Waals surface area contributed by atoms with Crippen molar-refractivity contribution in [2.24, 2.45) is 10.9 Å². The molecule has 1 N–H and O–H groups in total. The van der Waals surface area contributed by atoms with Gasteiger partial charge in [0, 0.05) is 24.1 Å². The Morgan fingerprint density at radius 1 is 1.23 bits per heavy atom. The molecule has 1 unspecified atom stereocenters. The summed E-state index contributed by atoms with van der Waals surface area (Å²) in [5, 5.41) is 2.82. The Labute approximate surface area is 129 Å². The maximum absolute atomic E-state index is 12.2. The van der Waals surface area contributed by atoms with Crippen molar-refractivity contribution < 1.29 is 14.3 Å². The van der Waals surface area contributed by atoms with Crippen LogP contribution in [-0.2, 0) is 14.3 Å². The molecule has 0 spiro atoms. The summed E-state index contributed by atoms with van der Waals surface area (Å²) in [6.07, 6.45) is 4.62. The van der Waals surface area contributed by atoms with Crippen molar-refractivity contribution in [3.63, 3.8) is 0 Å². The molecule has 1 heterocycles. The summed E-state index contributed by atoms with van der Waals surface area (Å²) in [4.78, 5) is 28.0. The Bertz CT molecular complexity index is 618. The maximum atomic E-state index is 12.2. The van der Waals surface area contributed by atoms with Crippen LogP contribution in [0.2, 0.25) is 0 Å². The number of fused-ring (bicyclic) bond motifs is 1. The topological polar surface area (TPSA) is 67.8 Å². The summed E-state index contributed by atoms with van der Waals surface area (Å²) in [6.45, 7) is 1.29. The molecule has 5 nitrogen and oxygen atoms in total. The number of hydrogen-bond acceptors (Lipinski definition) is 4. The van der Waals surface area contributed by atoms with Crippen LogP contribution in [-0.4, -0.2) is 23.8 Å². The molecule has 3 rings (SSSR count). The van der Waals surface area contributed by atoms with Gasteiger partial charge in [-0.1, -0.05) is 37.5 Å². The van der Waals surface area contributed by atoms with E-state index in [9.17, 15) is 9.59 Å². The van der Waals surface area contributed by atoms with Gasteiger partial charge in [0.1, 0.15) is 0 Å². The second-order valence-corrected chi connectivity index (χ2v) is 5.85. The van der Waals surface area contributed by atoms with Gasteiger partial charge in [-0.25, -0.2) is 4.99 Å². The highest BCUT2D eigenvalue weighted by atomic mass is 16.6. The Kier molecular flexibility index (Phi) is 4.22. The van der Waals surface area contributed by atoms with E-state index in [-0.39, 0.29) is 0 Å². The lowest BCUT2D eigenvalue weighted by molar-refractivity contribution is -0.151. The van der Waals surface area contributed by atoms with Crippen molar-refractivity contribution in [2.45, 2.75) is 45.3 Å². The smallest absolute Gasteiger partial charge is 0.305 e. The van der Waals surface area contributed by atoms with Crippen molar-refractivity contribution in [2.75, 3.05) is 5.32 Å². The molecule has 1 fully saturated rings. The van der Waals surface area contributed by atoms with Crippen LogP contribution in [0, 0.1) is 5.92 Å². The predicted octanol–water partition coefficient (Wildman–Crippen LogP) is 2.90. The van der Waals surface area contributed by atoms with Crippen LogP contribution < -0.4 is 5.32 Å². The minimum Gasteiger partial charge on any atom is -0.430 e. The molecular weight excluding hydrogens is 280 g/mol. The molecule has 0 saturated heterocycles. The van der Waals surface area contributed by atoms with Crippen LogP contribution >= 0.6 is 0 Å². The summed E-state index contributed by atoms with van der Waals surface area (Å²) in [7, 11) is 0. The third-order valence-electron chi connectivity index (χ3n) is 4.21. The lowest BCUT2D eigenvalue weighted by Gasteiger charge is -2.24. The lowest BCUT2D eigenvalue weighted by atomic mass is 9.83. The summed E-state index contributed by atoms with van der Waals surface area (Å²) in [5.74, 6) is -0.577. The van der Waals surface area contributed by atoms with Crippen molar-refractivity contribution in [3.05, 3.63) is 29.8 Å². The molecular formula is C17H20N2O3. The highest BCUT2D eigenvalue weighted by Crippen LogP contribution is 2.32. The minimum atomic E-state index is -1.10. The van der Waals surface area contributed by atoms with Gasteiger partial charge in [-0.3, -0.25) is 9.59 Å². The number of carbonyl (C=O) groups is 2. The van der Waals surface area contributed by atoms with E-state index in [4.69, 9.17) is 4.74 Å². The first-order valence-corrected chi connectivity index (χ1v) is 7.80. The van der Waals surface area contributed by atoms with E-state index in [1.54, 1.807) is 0 Å². The number of hydrogen-bond donors (Lipinski definition) is 1. The second-order valence-electron chi connectivity index (χ2n) is 5.85. The van der Waals surface area contributed by atoms with Gasteiger partial charge in [-0.15, -0.1) is 0 Å². The number of anilines is 1. The molecule has 2 aliphatic rings. The van der Waals surface area contributed by atoms with E-state index in [0.717, 1.165) is 29.8 Å². The molecule has 1 atom stereocenters. The zero-order valence-corrected chi connectivity index (χ0v) is 12.7. The zero-order valence-electron chi connectivity index (χ0n) is 12.7. The number of amides is 1. The Morgan fingerprint density at radius 2 is 1.95 bits per heavy atom. The van der Waals surface area contributed by atoms with Crippen LogP contribution in [0.5, 0.6) is 0 Å². The average molecular weight is 300 g/mol. The molecule has 116 valence electrons. The minimum absolute atomic E-state index is 0.320. The molecule has 22 heavy (non-hydrogen) atoms. The first kappa shape index (κ1) is 14.8. The first-order chi connectivity index (χ1) is 10.6. The third-order valence-corrected chi connectivity index (χ3v) is 4.21. The standard InChI is InChI=1S/C17H20N2O3/c1-11(20)22-17-16(21)18-14-10-6-5-9-13(14)15(19-17)12-7-3-2-4-8-12/h5-6,9-10,12,17H,2-4,7-8H2,1H3,(H,18,21). The number of para-hydroxylation sites is 1. The number of benzene rings is 1. The molecule has 1 saturated carbocycles. The van der Waals surface area contributed by atoms with Gasteiger partial charge in [0.15, 0.2) is 0 Å². The highest BCUT2D eigenvalue weighted by Gasteiger charge is 2.30. The Morgan fingerprint density at radius 3 is 2.68 bits per heavy atom. The fourth-order valence-electron chi connectivity index (χ4n) is 3.20. The van der Waals surface area contributed by atoms with Crippen LogP contribution in [0.1, 0.15) is 44.6 Å². The number of ether oxygens (including phenoxy) is 1. The molecule has 0 aromatic heterocycles. The van der Waals surface area contributed by atoms with Crippen LogP contribution in [0.3, 0.4) is 0 Å². The predicted molar refractivity (Wildman–Crippen MR) is 83.7 cm³/mol. The van der Waals surface area contributed by atoms with Crippen LogP contribution in [0.4, 0.5) is 5.69 Å². The zero-order chi connectivity index (χ0) is 15.5. The van der Waals surface area contributed by atoms with Crippen molar-refractivity contribution >= 4 is 23.3 Å². The third kappa shape index (κ3) is 3.03. The quantitative estimate of drug-likeness (QED) is 0.854. The normalized spacial score (nSPS) is 22.1. The molecule has 1 amide bonds. The molecule has 1 aromatic rings. The van der Waals surface area contributed by atoms with Crippen molar-refractivity contribution in [3.8, 4) is 0 Å². The van der Waals surface area contributed by atoms with Crippen LogP contribution in [0.25, 0.3) is 0 Å². The number of nitrogens with zero attached hydrogens (tertiary/aromatic N) is 1. The summed E-state index contributed by atoms with van der Waals surface area (Å²) < 4.78 is 5.10. The van der Waals surface area contributed by atoms with Gasteiger partial charge < -0.3 is 10.1 Å². The summed E-state index contributed by atoms with van der Waals surface area (Å²) in [6, 6.07) is 7.65. The largest absolute Gasteiger partial charge is 0.430 e. The monoisotopic (exact) mass is 300 g/mol. The van der Waals surface area contributed by atoms with E-state index in [1.165, 1.54) is 26.2 Å². The number of esters is 1. The SMILES string of the molecule is CC(=O)OC1N=C(C2CCCCC2)c2ccccc2NC1=O. The Balaban J connectivity index is 2.02. The average Bonchev–Trinajstić information content (AvgIpc) is 2.65. The van der Waals surface area contributed by atoms with Crippen molar-refractivity contribution in [1.82, 2.24) is 0 Å². The number of aliphatic imine (C=N–C) groups is 1. The number of carbonyl (C=O) groups excluding carboxylic acids is 2. The van der Waals surface area contributed by atoms with E-state index in [2.05, 4.69) is 10.3 Å². The fourth-order valence-corrected chi connectivity index (χ4v) is 3.20. The van der Waals surface area contributed by atoms with Gasteiger partial charge in [0.25, 0.3) is 12.1 Å². The molecule has 1 aliphatic heterocycles. The van der Waals surface area contributed by atoms with Gasteiger partial charge in [0.2, 0.25) is 0 Å².